The maximum Gasteiger partial charge on any atom is 0.261 e. The molecule has 6 nitrogen and oxygen atoms in total. The molecule has 1 fully saturated rings. The third-order valence-electron chi connectivity index (χ3n) is 4.46. The molecule has 1 aromatic carbocycles. The number of benzene rings is 1. The highest BCUT2D eigenvalue weighted by atomic mass is 127. The van der Waals surface area contributed by atoms with Crippen LogP contribution in [0.3, 0.4) is 0 Å². The summed E-state index contributed by atoms with van der Waals surface area (Å²) in [5.74, 6) is 1.27. The Hall–Kier alpha value is -1.64. The second-order valence-electron chi connectivity index (χ2n) is 6.34. The summed E-state index contributed by atoms with van der Waals surface area (Å²) < 4.78 is 0. The second-order valence-corrected chi connectivity index (χ2v) is 6.34. The third kappa shape index (κ3) is 4.93. The minimum atomic E-state index is -0.175. The smallest absolute Gasteiger partial charge is 0.261 e. The van der Waals surface area contributed by atoms with Gasteiger partial charge in [0.15, 0.2) is 5.96 Å². The summed E-state index contributed by atoms with van der Waals surface area (Å²) in [5.41, 5.74) is 1.04. The SMILES string of the molecule is CN=C(NCCCCN1C(=O)c2ccccc2C1=O)NCC1CC1.I. The van der Waals surface area contributed by atoms with Gasteiger partial charge in [0.2, 0.25) is 0 Å². The molecule has 0 bridgehead atoms. The van der Waals surface area contributed by atoms with Crippen LogP contribution in [-0.2, 0) is 0 Å². The molecule has 2 N–H and O–H groups in total. The van der Waals surface area contributed by atoms with Gasteiger partial charge in [0.25, 0.3) is 11.8 Å². The van der Waals surface area contributed by atoms with Crippen LogP contribution in [0.4, 0.5) is 0 Å². The van der Waals surface area contributed by atoms with Crippen molar-refractivity contribution < 1.29 is 9.59 Å². The van der Waals surface area contributed by atoms with E-state index in [1.165, 1.54) is 17.7 Å². The summed E-state index contributed by atoms with van der Waals surface area (Å²) in [5, 5.41) is 6.58. The third-order valence-corrected chi connectivity index (χ3v) is 4.46. The number of carbonyl (C=O) groups is 2. The van der Waals surface area contributed by atoms with Crippen molar-refractivity contribution in [2.75, 3.05) is 26.7 Å². The summed E-state index contributed by atoms with van der Waals surface area (Å²) in [7, 11) is 1.76. The lowest BCUT2D eigenvalue weighted by atomic mass is 10.1. The number of imide groups is 1. The first-order valence-corrected chi connectivity index (χ1v) is 8.60. The van der Waals surface area contributed by atoms with Crippen LogP contribution in [0, 0.1) is 5.92 Å². The molecule has 7 heteroatoms. The van der Waals surface area contributed by atoms with Gasteiger partial charge in [-0.1, -0.05) is 12.1 Å². The number of guanidine groups is 1. The molecule has 1 heterocycles. The fraction of sp³-hybridized carbons (Fsp3) is 0.500. The number of nitrogens with zero attached hydrogens (tertiary/aromatic N) is 2. The molecule has 0 spiro atoms. The van der Waals surface area contributed by atoms with Gasteiger partial charge >= 0.3 is 0 Å². The zero-order chi connectivity index (χ0) is 16.9. The Morgan fingerprint density at radius 1 is 1.12 bits per heavy atom. The Balaban J connectivity index is 0.00000225. The Bertz CT molecular complexity index is 623. The Morgan fingerprint density at radius 2 is 1.76 bits per heavy atom. The number of hydrogen-bond donors (Lipinski definition) is 2. The standard InChI is InChI=1S/C18H24N4O2.HI/c1-19-18(21-12-13-8-9-13)20-10-4-5-11-22-16(23)14-6-2-3-7-15(14)17(22)24;/h2-3,6-7,13H,4-5,8-12H2,1H3,(H2,19,20,21);1H. The maximum atomic E-state index is 12.2. The van der Waals surface area contributed by atoms with Crippen LogP contribution < -0.4 is 10.6 Å². The van der Waals surface area contributed by atoms with Crippen molar-refractivity contribution in [1.82, 2.24) is 15.5 Å². The van der Waals surface area contributed by atoms with Gasteiger partial charge in [-0.25, -0.2) is 0 Å². The summed E-state index contributed by atoms with van der Waals surface area (Å²) in [6.07, 6.45) is 4.27. The number of rotatable bonds is 7. The Labute approximate surface area is 165 Å². The molecular formula is C18H25IN4O2. The van der Waals surface area contributed by atoms with Crippen molar-refractivity contribution in [3.63, 3.8) is 0 Å². The van der Waals surface area contributed by atoms with E-state index in [1.54, 1.807) is 31.3 Å². The minimum absolute atomic E-state index is 0. The number of nitrogens with one attached hydrogen (secondary N) is 2. The highest BCUT2D eigenvalue weighted by Crippen LogP contribution is 2.27. The quantitative estimate of drug-likeness (QED) is 0.217. The van der Waals surface area contributed by atoms with E-state index >= 15 is 0 Å². The van der Waals surface area contributed by atoms with Crippen molar-refractivity contribution in [2.45, 2.75) is 25.7 Å². The largest absolute Gasteiger partial charge is 0.356 e. The number of halogens is 1. The van der Waals surface area contributed by atoms with Crippen LogP contribution in [0.25, 0.3) is 0 Å². The summed E-state index contributed by atoms with van der Waals surface area (Å²) >= 11 is 0. The predicted octanol–water partition coefficient (Wildman–Crippen LogP) is 2.26. The average Bonchev–Trinajstić information content (AvgIpc) is 3.40. The van der Waals surface area contributed by atoms with Crippen molar-refractivity contribution >= 4 is 41.8 Å². The fourth-order valence-electron chi connectivity index (χ4n) is 2.83. The van der Waals surface area contributed by atoms with E-state index in [-0.39, 0.29) is 35.8 Å². The Morgan fingerprint density at radius 3 is 2.32 bits per heavy atom. The molecule has 2 aliphatic rings. The van der Waals surface area contributed by atoms with Gasteiger partial charge in [0, 0.05) is 26.7 Å². The van der Waals surface area contributed by atoms with Gasteiger partial charge in [-0.15, -0.1) is 24.0 Å². The first-order valence-electron chi connectivity index (χ1n) is 8.60. The van der Waals surface area contributed by atoms with Crippen molar-refractivity contribution in [3.8, 4) is 0 Å². The number of amides is 2. The zero-order valence-corrected chi connectivity index (χ0v) is 16.8. The lowest BCUT2D eigenvalue weighted by Crippen LogP contribution is -2.39. The van der Waals surface area contributed by atoms with E-state index in [0.29, 0.717) is 17.7 Å². The molecule has 0 saturated heterocycles. The van der Waals surface area contributed by atoms with E-state index in [0.717, 1.165) is 37.8 Å². The van der Waals surface area contributed by atoms with Gasteiger partial charge in [-0.2, -0.15) is 0 Å². The molecule has 0 unspecified atom stereocenters. The van der Waals surface area contributed by atoms with Crippen LogP contribution in [0.5, 0.6) is 0 Å². The van der Waals surface area contributed by atoms with E-state index in [2.05, 4.69) is 15.6 Å². The van der Waals surface area contributed by atoms with Crippen molar-refractivity contribution in [2.24, 2.45) is 10.9 Å². The molecule has 2 amide bonds. The monoisotopic (exact) mass is 456 g/mol. The molecule has 1 aliphatic carbocycles. The van der Waals surface area contributed by atoms with Crippen LogP contribution in [0.15, 0.2) is 29.3 Å². The maximum absolute atomic E-state index is 12.2. The summed E-state index contributed by atoms with van der Waals surface area (Å²) in [4.78, 5) is 30.0. The van der Waals surface area contributed by atoms with E-state index in [1.807, 2.05) is 0 Å². The molecule has 136 valence electrons. The molecule has 1 saturated carbocycles. The average molecular weight is 456 g/mol. The van der Waals surface area contributed by atoms with Gasteiger partial charge in [-0.05, 0) is 43.7 Å². The molecule has 25 heavy (non-hydrogen) atoms. The van der Waals surface area contributed by atoms with Crippen LogP contribution in [0.2, 0.25) is 0 Å². The first kappa shape index (κ1) is 19.7. The van der Waals surface area contributed by atoms with Crippen molar-refractivity contribution in [3.05, 3.63) is 35.4 Å². The van der Waals surface area contributed by atoms with Gasteiger partial charge in [0.1, 0.15) is 0 Å². The molecule has 1 aromatic rings. The van der Waals surface area contributed by atoms with Crippen LogP contribution in [-0.4, -0.2) is 49.4 Å². The predicted molar refractivity (Wildman–Crippen MR) is 109 cm³/mol. The topological polar surface area (TPSA) is 73.8 Å². The van der Waals surface area contributed by atoms with Crippen molar-refractivity contribution in [1.29, 1.82) is 0 Å². The summed E-state index contributed by atoms with van der Waals surface area (Å²) in [6.45, 7) is 2.21. The number of carbonyl (C=O) groups excluding carboxylic acids is 2. The molecule has 0 aromatic heterocycles. The second kappa shape index (κ2) is 9.17. The fourth-order valence-corrected chi connectivity index (χ4v) is 2.83. The highest BCUT2D eigenvalue weighted by molar-refractivity contribution is 14.0. The van der Waals surface area contributed by atoms with Crippen LogP contribution >= 0.6 is 24.0 Å². The van der Waals surface area contributed by atoms with E-state index in [4.69, 9.17) is 0 Å². The molecule has 1 aliphatic heterocycles. The Kier molecular flexibility index (Phi) is 7.22. The minimum Gasteiger partial charge on any atom is -0.356 e. The number of unbranched alkanes of at least 4 members (excludes halogenated alkanes) is 1. The van der Waals surface area contributed by atoms with Gasteiger partial charge < -0.3 is 10.6 Å². The highest BCUT2D eigenvalue weighted by Gasteiger charge is 2.34. The van der Waals surface area contributed by atoms with E-state index < -0.39 is 0 Å². The number of fused-ring (bicyclic) bond motifs is 1. The normalized spacial score (nSPS) is 16.5. The van der Waals surface area contributed by atoms with E-state index in [9.17, 15) is 9.59 Å². The lowest BCUT2D eigenvalue weighted by Gasteiger charge is -2.14. The van der Waals surface area contributed by atoms with Gasteiger partial charge in [-0.3, -0.25) is 19.5 Å². The molecule has 0 radical (unpaired) electrons. The zero-order valence-electron chi connectivity index (χ0n) is 14.5. The number of aliphatic imine (C=N–C) groups is 1. The first-order chi connectivity index (χ1) is 11.7. The molecule has 0 atom stereocenters. The lowest BCUT2D eigenvalue weighted by molar-refractivity contribution is 0.0652. The number of hydrogen-bond acceptors (Lipinski definition) is 3. The van der Waals surface area contributed by atoms with Crippen LogP contribution in [0.1, 0.15) is 46.4 Å². The van der Waals surface area contributed by atoms with Gasteiger partial charge in [0.05, 0.1) is 11.1 Å². The molecular weight excluding hydrogens is 431 g/mol. The molecule has 3 rings (SSSR count). The summed E-state index contributed by atoms with van der Waals surface area (Å²) in [6, 6.07) is 7.01.